The third kappa shape index (κ3) is 3.24. The van der Waals surface area contributed by atoms with Crippen LogP contribution in [0, 0.1) is 17.1 Å². The van der Waals surface area contributed by atoms with Crippen LogP contribution in [0.25, 0.3) is 0 Å². The molecular weight excluding hydrogens is 269 g/mol. The summed E-state index contributed by atoms with van der Waals surface area (Å²) in [7, 11) is 0. The number of nitrogens with zero attached hydrogens (tertiary/aromatic N) is 1. The standard InChI is InChI=1S/C14H15ClFNO2/c1-13(2,3)19-12(18)14(4,8-17)9-6-5-7-10(15)11(9)16/h5-7H,1-4H3. The molecule has 1 aromatic carbocycles. The zero-order chi connectivity index (χ0) is 14.8. The largest absolute Gasteiger partial charge is 0.459 e. The minimum Gasteiger partial charge on any atom is -0.459 e. The van der Waals surface area contributed by atoms with E-state index in [4.69, 9.17) is 16.3 Å². The third-order valence-electron chi connectivity index (χ3n) is 2.52. The molecule has 102 valence electrons. The van der Waals surface area contributed by atoms with Crippen LogP contribution in [0.4, 0.5) is 4.39 Å². The van der Waals surface area contributed by atoms with E-state index in [1.54, 1.807) is 20.8 Å². The lowest BCUT2D eigenvalue weighted by atomic mass is 9.83. The molecule has 0 heterocycles. The van der Waals surface area contributed by atoms with Crippen molar-refractivity contribution in [1.82, 2.24) is 0 Å². The van der Waals surface area contributed by atoms with Crippen LogP contribution in [0.3, 0.4) is 0 Å². The van der Waals surface area contributed by atoms with E-state index in [1.807, 2.05) is 6.07 Å². The predicted molar refractivity (Wildman–Crippen MR) is 70.2 cm³/mol. The Balaban J connectivity index is 3.29. The van der Waals surface area contributed by atoms with E-state index in [1.165, 1.54) is 25.1 Å². The third-order valence-corrected chi connectivity index (χ3v) is 2.81. The van der Waals surface area contributed by atoms with Crippen LogP contribution in [0.1, 0.15) is 33.3 Å². The minimum absolute atomic E-state index is 0.0863. The molecule has 1 aromatic rings. The molecule has 1 atom stereocenters. The molecule has 0 aromatic heterocycles. The highest BCUT2D eigenvalue weighted by Crippen LogP contribution is 2.31. The molecule has 0 radical (unpaired) electrons. The summed E-state index contributed by atoms with van der Waals surface area (Å²) in [6.07, 6.45) is 0. The molecule has 1 rings (SSSR count). The number of benzene rings is 1. The van der Waals surface area contributed by atoms with Crippen LogP contribution >= 0.6 is 11.6 Å². The maximum absolute atomic E-state index is 14.0. The van der Waals surface area contributed by atoms with E-state index in [9.17, 15) is 14.4 Å². The number of hydrogen-bond acceptors (Lipinski definition) is 3. The average molecular weight is 284 g/mol. The number of nitriles is 1. The first-order chi connectivity index (χ1) is 8.62. The summed E-state index contributed by atoms with van der Waals surface area (Å²) >= 11 is 5.68. The van der Waals surface area contributed by atoms with Gasteiger partial charge in [0.15, 0.2) is 5.41 Å². The molecule has 5 heteroatoms. The van der Waals surface area contributed by atoms with Gasteiger partial charge >= 0.3 is 5.97 Å². The summed E-state index contributed by atoms with van der Waals surface area (Å²) in [5, 5.41) is 9.12. The van der Waals surface area contributed by atoms with Gasteiger partial charge in [0.1, 0.15) is 11.4 Å². The maximum atomic E-state index is 14.0. The van der Waals surface area contributed by atoms with Gasteiger partial charge in [-0.25, -0.2) is 9.18 Å². The number of halogens is 2. The Morgan fingerprint density at radius 3 is 2.42 bits per heavy atom. The molecule has 0 aliphatic rings. The number of ether oxygens (including phenoxy) is 1. The molecule has 0 fully saturated rings. The van der Waals surface area contributed by atoms with Crippen molar-refractivity contribution in [3.8, 4) is 6.07 Å². The minimum atomic E-state index is -1.73. The summed E-state index contributed by atoms with van der Waals surface area (Å²) < 4.78 is 19.2. The average Bonchev–Trinajstić information content (AvgIpc) is 2.29. The van der Waals surface area contributed by atoms with Crippen LogP contribution in [0.2, 0.25) is 5.02 Å². The van der Waals surface area contributed by atoms with Crippen molar-refractivity contribution >= 4 is 17.6 Å². The molecule has 0 amide bonds. The van der Waals surface area contributed by atoms with Gasteiger partial charge in [-0.15, -0.1) is 0 Å². The second-order valence-electron chi connectivity index (χ2n) is 5.34. The topological polar surface area (TPSA) is 50.1 Å². The van der Waals surface area contributed by atoms with Gasteiger partial charge in [-0.2, -0.15) is 5.26 Å². The fourth-order valence-electron chi connectivity index (χ4n) is 1.49. The van der Waals surface area contributed by atoms with Crippen LogP contribution in [-0.2, 0) is 14.9 Å². The molecule has 19 heavy (non-hydrogen) atoms. The maximum Gasteiger partial charge on any atom is 0.331 e. The Morgan fingerprint density at radius 2 is 1.95 bits per heavy atom. The Labute approximate surface area is 116 Å². The summed E-state index contributed by atoms with van der Waals surface area (Å²) in [4.78, 5) is 12.1. The molecule has 0 N–H and O–H groups in total. The Bertz CT molecular complexity index is 545. The molecular formula is C14H15ClFNO2. The van der Waals surface area contributed by atoms with Crippen LogP contribution in [-0.4, -0.2) is 11.6 Å². The number of carbonyl (C=O) groups excluding carboxylic acids is 1. The van der Waals surface area contributed by atoms with Gasteiger partial charge in [-0.1, -0.05) is 23.7 Å². The molecule has 0 saturated carbocycles. The monoisotopic (exact) mass is 283 g/mol. The number of rotatable bonds is 2. The fraction of sp³-hybridized carbons (Fsp3) is 0.429. The van der Waals surface area contributed by atoms with Gasteiger partial charge in [0.05, 0.1) is 11.1 Å². The van der Waals surface area contributed by atoms with Gasteiger partial charge in [-0.3, -0.25) is 0 Å². The SMILES string of the molecule is CC(C)(C)OC(=O)C(C)(C#N)c1cccc(Cl)c1F. The van der Waals surface area contributed by atoms with Gasteiger partial charge in [0, 0.05) is 5.56 Å². The van der Waals surface area contributed by atoms with Crippen LogP contribution < -0.4 is 0 Å². The van der Waals surface area contributed by atoms with E-state index in [2.05, 4.69) is 0 Å². The lowest BCUT2D eigenvalue weighted by Crippen LogP contribution is -2.38. The highest BCUT2D eigenvalue weighted by Gasteiger charge is 2.41. The highest BCUT2D eigenvalue weighted by molar-refractivity contribution is 6.30. The zero-order valence-corrected chi connectivity index (χ0v) is 12.0. The molecule has 3 nitrogen and oxygen atoms in total. The Morgan fingerprint density at radius 1 is 1.37 bits per heavy atom. The molecule has 0 spiro atoms. The summed E-state index contributed by atoms with van der Waals surface area (Å²) in [5.74, 6) is -1.58. The second-order valence-corrected chi connectivity index (χ2v) is 5.75. The summed E-state index contributed by atoms with van der Waals surface area (Å²) in [5.41, 5.74) is -2.58. The molecule has 0 aliphatic carbocycles. The summed E-state index contributed by atoms with van der Waals surface area (Å²) in [6, 6.07) is 6.01. The molecule has 0 bridgehead atoms. The quantitative estimate of drug-likeness (QED) is 0.779. The first kappa shape index (κ1) is 15.5. The summed E-state index contributed by atoms with van der Waals surface area (Å²) in [6.45, 7) is 6.35. The number of esters is 1. The van der Waals surface area contributed by atoms with E-state index < -0.39 is 22.8 Å². The lowest BCUT2D eigenvalue weighted by molar-refractivity contribution is -0.159. The normalized spacial score (nSPS) is 14.4. The second kappa shape index (κ2) is 5.18. The fourth-order valence-corrected chi connectivity index (χ4v) is 1.66. The van der Waals surface area contributed by atoms with Crippen molar-refractivity contribution in [3.05, 3.63) is 34.6 Å². The van der Waals surface area contributed by atoms with Crippen molar-refractivity contribution < 1.29 is 13.9 Å². The van der Waals surface area contributed by atoms with Crippen molar-refractivity contribution in [1.29, 1.82) is 5.26 Å². The lowest BCUT2D eigenvalue weighted by Gasteiger charge is -2.27. The first-order valence-electron chi connectivity index (χ1n) is 5.71. The van der Waals surface area contributed by atoms with E-state index in [-0.39, 0.29) is 10.6 Å². The van der Waals surface area contributed by atoms with Crippen molar-refractivity contribution in [2.75, 3.05) is 0 Å². The van der Waals surface area contributed by atoms with Crippen molar-refractivity contribution in [3.63, 3.8) is 0 Å². The van der Waals surface area contributed by atoms with E-state index in [0.717, 1.165) is 0 Å². The zero-order valence-electron chi connectivity index (χ0n) is 11.3. The molecule has 0 saturated heterocycles. The van der Waals surface area contributed by atoms with Gasteiger partial charge in [0.25, 0.3) is 0 Å². The van der Waals surface area contributed by atoms with Crippen LogP contribution in [0.5, 0.6) is 0 Å². The smallest absolute Gasteiger partial charge is 0.331 e. The first-order valence-corrected chi connectivity index (χ1v) is 6.09. The van der Waals surface area contributed by atoms with Crippen molar-refractivity contribution in [2.24, 2.45) is 0 Å². The highest BCUT2D eigenvalue weighted by atomic mass is 35.5. The van der Waals surface area contributed by atoms with Crippen LogP contribution in [0.15, 0.2) is 18.2 Å². The predicted octanol–water partition coefficient (Wildman–Crippen LogP) is 3.60. The number of carbonyl (C=O) groups is 1. The molecule has 0 aliphatic heterocycles. The number of hydrogen-bond donors (Lipinski definition) is 0. The molecule has 1 unspecified atom stereocenters. The van der Waals surface area contributed by atoms with Gasteiger partial charge in [0.2, 0.25) is 0 Å². The van der Waals surface area contributed by atoms with E-state index >= 15 is 0 Å². The van der Waals surface area contributed by atoms with Gasteiger partial charge in [-0.05, 0) is 33.8 Å². The Hall–Kier alpha value is -1.60. The van der Waals surface area contributed by atoms with E-state index in [0.29, 0.717) is 0 Å². The Kier molecular flexibility index (Phi) is 4.21. The van der Waals surface area contributed by atoms with Gasteiger partial charge < -0.3 is 4.74 Å². The van der Waals surface area contributed by atoms with Crippen molar-refractivity contribution in [2.45, 2.75) is 38.7 Å².